The number of H-pyrrole nitrogens is 1. The van der Waals surface area contributed by atoms with Crippen LogP contribution in [0.2, 0.25) is 0 Å². The molecule has 0 spiro atoms. The Morgan fingerprint density at radius 1 is 1.20 bits per heavy atom. The van der Waals surface area contributed by atoms with Crippen molar-refractivity contribution in [2.75, 3.05) is 19.7 Å². The van der Waals surface area contributed by atoms with Crippen molar-refractivity contribution in [3.05, 3.63) is 40.7 Å². The Bertz CT molecular complexity index is 687. The molecule has 1 N–H and O–H groups in total. The molecule has 1 aliphatic rings. The fraction of sp³-hybridized carbons (Fsp3) is 0.333. The molecule has 2 aromatic rings. The summed E-state index contributed by atoms with van der Waals surface area (Å²) < 4.78 is 5.59. The first-order valence-electron chi connectivity index (χ1n) is 6.77. The lowest BCUT2D eigenvalue weighted by Crippen LogP contribution is -2.32. The Morgan fingerprint density at radius 3 is 2.80 bits per heavy atom. The minimum absolute atomic E-state index is 0.00205. The summed E-state index contributed by atoms with van der Waals surface area (Å²) in [5.41, 5.74) is 0.452. The summed E-state index contributed by atoms with van der Waals surface area (Å²) in [5.74, 6) is 0.533. The lowest BCUT2D eigenvalue weighted by molar-refractivity contribution is -0.132. The first-order valence-corrected chi connectivity index (χ1v) is 6.77. The van der Waals surface area contributed by atoms with Crippen molar-refractivity contribution in [3.8, 4) is 5.75 Å². The van der Waals surface area contributed by atoms with Crippen molar-refractivity contribution in [1.82, 2.24) is 9.88 Å². The minimum atomic E-state index is -0.181. The standard InChI is InChI=1S/C15H16N2O3/c18-13-7-6-11-4-3-5-12(15(11)16-13)20-10-14(19)17-8-1-2-9-17/h3-7H,1-2,8-10H2,(H,16,18). The van der Waals surface area contributed by atoms with Crippen LogP contribution in [0.25, 0.3) is 10.9 Å². The van der Waals surface area contributed by atoms with Crippen LogP contribution >= 0.6 is 0 Å². The molecule has 3 rings (SSSR count). The van der Waals surface area contributed by atoms with E-state index in [1.54, 1.807) is 12.1 Å². The number of aromatic nitrogens is 1. The number of nitrogens with one attached hydrogen (secondary N) is 1. The van der Waals surface area contributed by atoms with Crippen molar-refractivity contribution in [3.63, 3.8) is 0 Å². The molecule has 5 nitrogen and oxygen atoms in total. The highest BCUT2D eigenvalue weighted by atomic mass is 16.5. The van der Waals surface area contributed by atoms with Gasteiger partial charge in [-0.3, -0.25) is 9.59 Å². The molecule has 0 atom stereocenters. The number of nitrogens with zero attached hydrogens (tertiary/aromatic N) is 1. The average molecular weight is 272 g/mol. The number of rotatable bonds is 3. The van der Waals surface area contributed by atoms with E-state index in [-0.39, 0.29) is 18.1 Å². The molecule has 0 aliphatic carbocycles. The molecular formula is C15H16N2O3. The van der Waals surface area contributed by atoms with E-state index < -0.39 is 0 Å². The molecule has 1 saturated heterocycles. The molecule has 5 heteroatoms. The maximum Gasteiger partial charge on any atom is 0.260 e. The summed E-state index contributed by atoms with van der Waals surface area (Å²) in [5, 5.41) is 0.885. The smallest absolute Gasteiger partial charge is 0.260 e. The lowest BCUT2D eigenvalue weighted by Gasteiger charge is -2.16. The van der Waals surface area contributed by atoms with E-state index in [0.717, 1.165) is 31.3 Å². The highest BCUT2D eigenvalue weighted by molar-refractivity contribution is 5.85. The molecule has 0 saturated carbocycles. The summed E-state index contributed by atoms with van der Waals surface area (Å²) in [6.45, 7) is 1.64. The number of amides is 1. The third kappa shape index (κ3) is 2.52. The maximum absolute atomic E-state index is 12.0. The minimum Gasteiger partial charge on any atom is -0.482 e. The summed E-state index contributed by atoms with van der Waals surface area (Å²) in [6.07, 6.45) is 2.13. The predicted molar refractivity (Wildman–Crippen MR) is 75.9 cm³/mol. The second-order valence-corrected chi connectivity index (χ2v) is 4.92. The van der Waals surface area contributed by atoms with Crippen molar-refractivity contribution in [2.24, 2.45) is 0 Å². The fourth-order valence-corrected chi connectivity index (χ4v) is 2.47. The second kappa shape index (κ2) is 5.36. The van der Waals surface area contributed by atoms with Crippen LogP contribution in [0, 0.1) is 0 Å². The number of fused-ring (bicyclic) bond motifs is 1. The van der Waals surface area contributed by atoms with Gasteiger partial charge in [0.2, 0.25) is 5.56 Å². The Labute approximate surface area is 116 Å². The van der Waals surface area contributed by atoms with Crippen LogP contribution < -0.4 is 10.3 Å². The molecule has 1 aromatic heterocycles. The summed E-state index contributed by atoms with van der Waals surface area (Å²) in [6, 6.07) is 8.71. The first kappa shape index (κ1) is 12.7. The zero-order chi connectivity index (χ0) is 13.9. The Morgan fingerprint density at radius 2 is 2.00 bits per heavy atom. The highest BCUT2D eigenvalue weighted by Gasteiger charge is 2.18. The molecule has 1 fully saturated rings. The van der Waals surface area contributed by atoms with E-state index >= 15 is 0 Å². The van der Waals surface area contributed by atoms with E-state index in [4.69, 9.17) is 4.74 Å². The van der Waals surface area contributed by atoms with Gasteiger partial charge in [-0.25, -0.2) is 0 Å². The Balaban J connectivity index is 1.78. The van der Waals surface area contributed by atoms with Crippen LogP contribution in [0.15, 0.2) is 35.1 Å². The predicted octanol–water partition coefficient (Wildman–Crippen LogP) is 1.53. The number of pyridine rings is 1. The number of hydrogen-bond donors (Lipinski definition) is 1. The van der Waals surface area contributed by atoms with Gasteiger partial charge in [-0.1, -0.05) is 12.1 Å². The number of hydrogen-bond acceptors (Lipinski definition) is 3. The largest absolute Gasteiger partial charge is 0.482 e. The monoisotopic (exact) mass is 272 g/mol. The van der Waals surface area contributed by atoms with Gasteiger partial charge in [-0.15, -0.1) is 0 Å². The normalized spacial score (nSPS) is 14.7. The van der Waals surface area contributed by atoms with Gasteiger partial charge in [0.25, 0.3) is 5.91 Å². The van der Waals surface area contributed by atoms with E-state index in [9.17, 15) is 9.59 Å². The first-order chi connectivity index (χ1) is 9.74. The van der Waals surface area contributed by atoms with Crippen LogP contribution in [0.3, 0.4) is 0 Å². The van der Waals surface area contributed by atoms with Crippen LogP contribution in [0.5, 0.6) is 5.75 Å². The second-order valence-electron chi connectivity index (χ2n) is 4.92. The van der Waals surface area contributed by atoms with Gasteiger partial charge in [-0.2, -0.15) is 0 Å². The zero-order valence-electron chi connectivity index (χ0n) is 11.1. The van der Waals surface area contributed by atoms with Gasteiger partial charge in [0.05, 0.1) is 5.52 Å². The van der Waals surface area contributed by atoms with Crippen molar-refractivity contribution in [2.45, 2.75) is 12.8 Å². The molecule has 0 radical (unpaired) electrons. The third-order valence-electron chi connectivity index (χ3n) is 3.53. The number of likely N-dealkylation sites (tertiary alicyclic amines) is 1. The molecule has 1 aliphatic heterocycles. The summed E-state index contributed by atoms with van der Waals surface area (Å²) in [4.78, 5) is 27.9. The van der Waals surface area contributed by atoms with Gasteiger partial charge in [0.1, 0.15) is 5.75 Å². The van der Waals surface area contributed by atoms with Crippen LogP contribution in [-0.4, -0.2) is 35.5 Å². The van der Waals surface area contributed by atoms with E-state index in [0.29, 0.717) is 11.3 Å². The highest BCUT2D eigenvalue weighted by Crippen LogP contribution is 2.22. The van der Waals surface area contributed by atoms with E-state index in [2.05, 4.69) is 4.98 Å². The molecule has 20 heavy (non-hydrogen) atoms. The van der Waals surface area contributed by atoms with E-state index in [1.807, 2.05) is 17.0 Å². The number of para-hydroxylation sites is 1. The van der Waals surface area contributed by atoms with Gasteiger partial charge in [0, 0.05) is 24.5 Å². The van der Waals surface area contributed by atoms with Crippen LogP contribution in [0.1, 0.15) is 12.8 Å². The van der Waals surface area contributed by atoms with Gasteiger partial charge >= 0.3 is 0 Å². The van der Waals surface area contributed by atoms with Gasteiger partial charge in [0.15, 0.2) is 6.61 Å². The SMILES string of the molecule is O=C(COc1cccc2ccc(=O)[nH]c12)N1CCCC1. The summed E-state index contributed by atoms with van der Waals surface area (Å²) in [7, 11) is 0. The number of ether oxygens (including phenoxy) is 1. The molecule has 1 amide bonds. The van der Waals surface area contributed by atoms with Gasteiger partial charge < -0.3 is 14.6 Å². The van der Waals surface area contributed by atoms with Crippen LogP contribution in [0.4, 0.5) is 0 Å². The fourth-order valence-electron chi connectivity index (χ4n) is 2.47. The van der Waals surface area contributed by atoms with Crippen molar-refractivity contribution >= 4 is 16.8 Å². The number of carbonyl (C=O) groups excluding carboxylic acids is 1. The van der Waals surface area contributed by atoms with Crippen LogP contribution in [-0.2, 0) is 4.79 Å². The lowest BCUT2D eigenvalue weighted by atomic mass is 10.2. The molecule has 104 valence electrons. The summed E-state index contributed by atoms with van der Waals surface area (Å²) >= 11 is 0. The molecule has 0 unspecified atom stereocenters. The van der Waals surface area contributed by atoms with Crippen molar-refractivity contribution in [1.29, 1.82) is 0 Å². The number of aromatic amines is 1. The van der Waals surface area contributed by atoms with Gasteiger partial charge in [-0.05, 0) is 25.0 Å². The molecule has 0 bridgehead atoms. The quantitative estimate of drug-likeness (QED) is 0.921. The number of carbonyl (C=O) groups is 1. The molecule has 2 heterocycles. The molecule has 1 aromatic carbocycles. The molecular weight excluding hydrogens is 256 g/mol. The third-order valence-corrected chi connectivity index (χ3v) is 3.53. The Kier molecular flexibility index (Phi) is 3.41. The van der Waals surface area contributed by atoms with E-state index in [1.165, 1.54) is 6.07 Å². The topological polar surface area (TPSA) is 62.4 Å². The van der Waals surface area contributed by atoms with Crippen molar-refractivity contribution < 1.29 is 9.53 Å². The zero-order valence-corrected chi connectivity index (χ0v) is 11.1. The number of benzene rings is 1. The average Bonchev–Trinajstić information content (AvgIpc) is 2.99. The Hall–Kier alpha value is -2.30. The maximum atomic E-state index is 12.0.